The minimum absolute atomic E-state index is 0.231. The highest BCUT2D eigenvalue weighted by atomic mass is 16.5. The zero-order valence-electron chi connectivity index (χ0n) is 17.1. The minimum atomic E-state index is -0.290. The second kappa shape index (κ2) is 9.17. The zero-order valence-corrected chi connectivity index (χ0v) is 17.1. The van der Waals surface area contributed by atoms with E-state index < -0.39 is 0 Å². The van der Waals surface area contributed by atoms with Crippen molar-refractivity contribution in [1.29, 1.82) is 0 Å². The molecular weight excluding hydrogens is 390 g/mol. The molecule has 0 saturated heterocycles. The van der Waals surface area contributed by atoms with Crippen LogP contribution in [0, 0.1) is 0 Å². The van der Waals surface area contributed by atoms with Gasteiger partial charge in [-0.3, -0.25) is 9.59 Å². The highest BCUT2D eigenvalue weighted by molar-refractivity contribution is 6.09. The van der Waals surface area contributed by atoms with Crippen LogP contribution in [-0.4, -0.2) is 30.5 Å². The molecule has 0 fully saturated rings. The monoisotopic (exact) mass is 413 g/mol. The molecular formula is C25H23N3O3. The van der Waals surface area contributed by atoms with Crippen LogP contribution in [0.25, 0.3) is 10.9 Å². The van der Waals surface area contributed by atoms with E-state index in [9.17, 15) is 9.59 Å². The van der Waals surface area contributed by atoms with Crippen molar-refractivity contribution in [3.63, 3.8) is 0 Å². The predicted octanol–water partition coefficient (Wildman–Crippen LogP) is 4.40. The third-order valence-corrected chi connectivity index (χ3v) is 5.13. The third kappa shape index (κ3) is 4.59. The number of rotatable bonds is 7. The number of aromatic amines is 1. The Balaban J connectivity index is 1.41. The normalized spacial score (nSPS) is 10.6. The average molecular weight is 413 g/mol. The molecule has 0 aliphatic carbocycles. The van der Waals surface area contributed by atoms with Crippen LogP contribution >= 0.6 is 0 Å². The molecule has 0 aliphatic rings. The number of carbonyl (C=O) groups is 2. The Morgan fingerprint density at radius 2 is 1.65 bits per heavy atom. The van der Waals surface area contributed by atoms with Gasteiger partial charge in [-0.25, -0.2) is 0 Å². The summed E-state index contributed by atoms with van der Waals surface area (Å²) in [7, 11) is 1.57. The van der Waals surface area contributed by atoms with Gasteiger partial charge in [0.1, 0.15) is 5.75 Å². The topological polar surface area (TPSA) is 83.2 Å². The number of nitrogens with one attached hydrogen (secondary N) is 3. The Morgan fingerprint density at radius 1 is 0.903 bits per heavy atom. The minimum Gasteiger partial charge on any atom is -0.497 e. The summed E-state index contributed by atoms with van der Waals surface area (Å²) < 4.78 is 5.12. The fourth-order valence-electron chi connectivity index (χ4n) is 3.47. The summed E-state index contributed by atoms with van der Waals surface area (Å²) in [6.07, 6.45) is 2.68. The lowest BCUT2D eigenvalue weighted by Gasteiger charge is -2.12. The van der Waals surface area contributed by atoms with Crippen LogP contribution < -0.4 is 15.4 Å². The number of benzene rings is 3. The van der Waals surface area contributed by atoms with Gasteiger partial charge in [0.2, 0.25) is 0 Å². The molecule has 31 heavy (non-hydrogen) atoms. The van der Waals surface area contributed by atoms with Crippen LogP contribution in [0.3, 0.4) is 0 Å². The first kappa shape index (κ1) is 20.2. The van der Waals surface area contributed by atoms with Crippen LogP contribution in [0.4, 0.5) is 5.69 Å². The number of hydrogen-bond donors (Lipinski definition) is 3. The van der Waals surface area contributed by atoms with Gasteiger partial charge in [0.05, 0.1) is 18.4 Å². The maximum absolute atomic E-state index is 12.8. The molecule has 3 aromatic carbocycles. The standard InChI is InChI=1S/C25H23N3O3/c1-31-19-12-10-17(11-13-19)24(29)28-23-9-5-3-7-21(23)25(30)26-15-14-18-16-27-22-8-4-2-6-20(18)22/h2-13,16,27H,14-15H2,1H3,(H,26,30)(H,28,29). The molecule has 1 aromatic heterocycles. The second-order valence-corrected chi connectivity index (χ2v) is 7.09. The highest BCUT2D eigenvalue weighted by Crippen LogP contribution is 2.19. The lowest BCUT2D eigenvalue weighted by Crippen LogP contribution is -2.27. The van der Waals surface area contributed by atoms with Gasteiger partial charge in [0.25, 0.3) is 11.8 Å². The molecule has 0 bridgehead atoms. The van der Waals surface area contributed by atoms with Crippen molar-refractivity contribution in [2.24, 2.45) is 0 Å². The molecule has 6 heteroatoms. The van der Waals surface area contributed by atoms with Crippen LogP contribution in [0.5, 0.6) is 5.75 Å². The molecule has 2 amide bonds. The lowest BCUT2D eigenvalue weighted by atomic mass is 10.1. The summed E-state index contributed by atoms with van der Waals surface area (Å²) in [6.45, 7) is 0.488. The van der Waals surface area contributed by atoms with E-state index in [1.54, 1.807) is 55.6 Å². The number of methoxy groups -OCH3 is 1. The summed E-state index contributed by atoms with van der Waals surface area (Å²) in [5.41, 5.74) is 3.60. The Kier molecular flexibility index (Phi) is 5.98. The first-order valence-corrected chi connectivity index (χ1v) is 10.0. The van der Waals surface area contributed by atoms with Gasteiger partial charge in [0, 0.05) is 29.2 Å². The van der Waals surface area contributed by atoms with E-state index in [0.29, 0.717) is 35.5 Å². The first-order chi connectivity index (χ1) is 15.2. The Labute approximate surface area is 180 Å². The number of aromatic nitrogens is 1. The first-order valence-electron chi connectivity index (χ1n) is 10.0. The molecule has 0 saturated carbocycles. The predicted molar refractivity (Wildman–Crippen MR) is 122 cm³/mol. The van der Waals surface area contributed by atoms with Crippen molar-refractivity contribution in [2.45, 2.75) is 6.42 Å². The summed E-state index contributed by atoms with van der Waals surface area (Å²) >= 11 is 0. The number of hydrogen-bond acceptors (Lipinski definition) is 3. The van der Waals surface area contributed by atoms with Crippen molar-refractivity contribution in [3.05, 3.63) is 95.7 Å². The Morgan fingerprint density at radius 3 is 2.45 bits per heavy atom. The fourth-order valence-corrected chi connectivity index (χ4v) is 3.47. The molecule has 0 radical (unpaired) electrons. The van der Waals surface area contributed by atoms with Crippen molar-refractivity contribution < 1.29 is 14.3 Å². The molecule has 4 rings (SSSR count). The van der Waals surface area contributed by atoms with Crippen molar-refractivity contribution >= 4 is 28.4 Å². The quantitative estimate of drug-likeness (QED) is 0.420. The van der Waals surface area contributed by atoms with E-state index in [0.717, 1.165) is 16.5 Å². The van der Waals surface area contributed by atoms with E-state index in [4.69, 9.17) is 4.74 Å². The van der Waals surface area contributed by atoms with E-state index in [1.807, 2.05) is 24.4 Å². The van der Waals surface area contributed by atoms with E-state index >= 15 is 0 Å². The van der Waals surface area contributed by atoms with Crippen LogP contribution in [0.1, 0.15) is 26.3 Å². The summed E-state index contributed by atoms with van der Waals surface area (Å²) in [5, 5.41) is 6.93. The third-order valence-electron chi connectivity index (χ3n) is 5.13. The molecule has 0 spiro atoms. The number of amides is 2. The van der Waals surface area contributed by atoms with Crippen LogP contribution in [0.15, 0.2) is 79.0 Å². The van der Waals surface area contributed by atoms with Crippen LogP contribution in [0.2, 0.25) is 0 Å². The molecule has 6 nitrogen and oxygen atoms in total. The molecule has 4 aromatic rings. The van der Waals surface area contributed by atoms with Gasteiger partial charge in [-0.2, -0.15) is 0 Å². The Hall–Kier alpha value is -4.06. The molecule has 3 N–H and O–H groups in total. The van der Waals surface area contributed by atoms with Gasteiger partial charge in [-0.15, -0.1) is 0 Å². The largest absolute Gasteiger partial charge is 0.497 e. The number of carbonyl (C=O) groups excluding carboxylic acids is 2. The summed E-state index contributed by atoms with van der Waals surface area (Å²) in [4.78, 5) is 28.6. The Bertz CT molecular complexity index is 1210. The van der Waals surface area contributed by atoms with Crippen LogP contribution in [-0.2, 0) is 6.42 Å². The second-order valence-electron chi connectivity index (χ2n) is 7.09. The molecule has 0 unspecified atom stereocenters. The molecule has 1 heterocycles. The van der Waals surface area contributed by atoms with Crippen molar-refractivity contribution in [3.8, 4) is 5.75 Å². The number of H-pyrrole nitrogens is 1. The van der Waals surface area contributed by atoms with Gasteiger partial charge in [-0.1, -0.05) is 30.3 Å². The maximum Gasteiger partial charge on any atom is 0.255 e. The lowest BCUT2D eigenvalue weighted by molar-refractivity contribution is 0.0955. The molecule has 0 atom stereocenters. The number of anilines is 1. The zero-order chi connectivity index (χ0) is 21.6. The molecule has 156 valence electrons. The fraction of sp³-hybridized carbons (Fsp3) is 0.120. The van der Waals surface area contributed by atoms with Gasteiger partial charge in [0.15, 0.2) is 0 Å². The van der Waals surface area contributed by atoms with Crippen molar-refractivity contribution in [2.75, 3.05) is 19.0 Å². The van der Waals surface area contributed by atoms with Gasteiger partial charge < -0.3 is 20.4 Å². The maximum atomic E-state index is 12.8. The van der Waals surface area contributed by atoms with Gasteiger partial charge in [-0.05, 0) is 54.4 Å². The smallest absolute Gasteiger partial charge is 0.255 e. The highest BCUT2D eigenvalue weighted by Gasteiger charge is 2.14. The van der Waals surface area contributed by atoms with E-state index in [-0.39, 0.29) is 11.8 Å². The average Bonchev–Trinajstić information content (AvgIpc) is 3.22. The number of ether oxygens (including phenoxy) is 1. The van der Waals surface area contributed by atoms with E-state index in [2.05, 4.69) is 21.7 Å². The summed E-state index contributed by atoms with van der Waals surface area (Å²) in [5.74, 6) is 0.152. The molecule has 0 aliphatic heterocycles. The van der Waals surface area contributed by atoms with E-state index in [1.165, 1.54) is 0 Å². The van der Waals surface area contributed by atoms with Crippen molar-refractivity contribution in [1.82, 2.24) is 10.3 Å². The number of para-hydroxylation sites is 2. The SMILES string of the molecule is COc1ccc(C(=O)Nc2ccccc2C(=O)NCCc2c[nH]c3ccccc23)cc1. The number of fused-ring (bicyclic) bond motifs is 1. The van der Waals surface area contributed by atoms with Gasteiger partial charge >= 0.3 is 0 Å². The summed E-state index contributed by atoms with van der Waals surface area (Å²) in [6, 6.07) is 21.9.